The Balaban J connectivity index is 0.00000392. The number of aliphatic hydroxyl groups is 1. The Morgan fingerprint density at radius 3 is 2.58 bits per heavy atom. The van der Waals surface area contributed by atoms with Crippen LogP contribution in [0.5, 0.6) is 0 Å². The van der Waals surface area contributed by atoms with E-state index < -0.39 is 6.61 Å². The van der Waals surface area contributed by atoms with Gasteiger partial charge in [0, 0.05) is 61.9 Å². The molecule has 2 saturated heterocycles. The third-order valence-corrected chi connectivity index (χ3v) is 10.1. The van der Waals surface area contributed by atoms with E-state index in [1.807, 2.05) is 22.6 Å². The number of fused-ring (bicyclic) bond motifs is 3. The van der Waals surface area contributed by atoms with Crippen LogP contribution in [0, 0.1) is 5.41 Å². The van der Waals surface area contributed by atoms with Gasteiger partial charge < -0.3 is 24.6 Å². The van der Waals surface area contributed by atoms with Crippen molar-refractivity contribution in [3.05, 3.63) is 86.6 Å². The highest BCUT2D eigenvalue weighted by atomic mass is 32.1. The fourth-order valence-corrected chi connectivity index (χ4v) is 7.53. The summed E-state index contributed by atoms with van der Waals surface area (Å²) < 4.78 is 9.96. The van der Waals surface area contributed by atoms with Gasteiger partial charge in [-0.15, -0.1) is 10.2 Å². The van der Waals surface area contributed by atoms with E-state index in [4.69, 9.17) is 4.74 Å². The van der Waals surface area contributed by atoms with E-state index in [9.17, 15) is 14.7 Å². The minimum Gasteiger partial charge on any atom is -0.392 e. The zero-order valence-electron chi connectivity index (χ0n) is 28.6. The molecule has 1 aliphatic carbocycles. The lowest BCUT2D eigenvalue weighted by molar-refractivity contribution is -0.0692. The highest BCUT2D eigenvalue weighted by Gasteiger charge is 2.33. The van der Waals surface area contributed by atoms with E-state index in [0.717, 1.165) is 62.8 Å². The van der Waals surface area contributed by atoms with Gasteiger partial charge >= 0.3 is 0 Å². The fraction of sp³-hybridized carbons (Fsp3) is 0.429. The van der Waals surface area contributed by atoms with Crippen LogP contribution in [0.1, 0.15) is 37.6 Å². The highest BCUT2D eigenvalue weighted by Crippen LogP contribution is 2.37. The molecule has 0 radical (unpaired) electrons. The number of rotatable bonds is 7. The number of aliphatic hydroxyl groups excluding tert-OH is 1. The molecule has 2 N–H and O–H groups in total. The molecular weight excluding hydrogens is 657 g/mol. The first-order valence-electron chi connectivity index (χ1n) is 16.7. The fourth-order valence-electron chi connectivity index (χ4n) is 7.53. The Kier molecular flexibility index (Phi) is 8.78. The van der Waals surface area contributed by atoms with E-state index in [1.165, 1.54) is 9.25 Å². The third-order valence-electron chi connectivity index (χ3n) is 10.1. The number of aromatic nitrogens is 7. The van der Waals surface area contributed by atoms with Gasteiger partial charge in [-0.25, -0.2) is 4.98 Å². The number of nitrogens with zero attached hydrogens (tertiary/aromatic N) is 9. The molecule has 3 aliphatic rings. The minimum atomic E-state index is -0.400. The largest absolute Gasteiger partial charge is 0.392 e. The van der Waals surface area contributed by atoms with Gasteiger partial charge in [0.2, 0.25) is 0 Å². The maximum atomic E-state index is 13.7. The van der Waals surface area contributed by atoms with Crippen molar-refractivity contribution < 1.29 is 9.84 Å². The molecule has 0 amide bonds. The summed E-state index contributed by atoms with van der Waals surface area (Å²) in [5, 5.41) is 27.1. The maximum absolute atomic E-state index is 13.7. The van der Waals surface area contributed by atoms with E-state index in [-0.39, 0.29) is 47.6 Å². The standard InChI is InChI=1S/C35H40N10O4.H2S/c1-21-15-42(24-18-49-19-24)9-10-43(21)31-6-5-30(39-40-31)38-27-11-23(16-41(4)33(27)47)25-7-8-36-32(26(25)17-46)45-34(48)28-12-22-13-35(2,3)14-29(22)44(28)20-37-45;/h5-8,11-12,16,20-21,24,46H,9-10,13-15,17-19H2,1-4H3,(H,38,39);1H2/t21-;/m0./s1. The van der Waals surface area contributed by atoms with Crippen LogP contribution in [0.3, 0.4) is 0 Å². The normalized spacial score (nSPS) is 18.9. The molecule has 50 heavy (non-hydrogen) atoms. The van der Waals surface area contributed by atoms with Crippen LogP contribution in [0.4, 0.5) is 17.3 Å². The summed E-state index contributed by atoms with van der Waals surface area (Å²) >= 11 is 0. The first kappa shape index (κ1) is 33.9. The Labute approximate surface area is 295 Å². The second kappa shape index (κ2) is 13.0. The summed E-state index contributed by atoms with van der Waals surface area (Å²) in [6, 6.07) is 9.94. The van der Waals surface area contributed by atoms with E-state index in [1.54, 1.807) is 37.9 Å². The van der Waals surface area contributed by atoms with E-state index in [0.29, 0.717) is 34.1 Å². The zero-order chi connectivity index (χ0) is 34.0. The Bertz CT molecular complexity index is 2190. The number of aryl methyl sites for hydroxylation is 1. The number of anilines is 3. The van der Waals surface area contributed by atoms with E-state index >= 15 is 0 Å². The summed E-state index contributed by atoms with van der Waals surface area (Å²) in [4.78, 5) is 36.2. The average molecular weight is 699 g/mol. The number of ether oxygens (including phenoxy) is 1. The van der Waals surface area contributed by atoms with Gasteiger partial charge in [0.05, 0.1) is 25.9 Å². The number of pyridine rings is 2. The van der Waals surface area contributed by atoms with Crippen molar-refractivity contribution >= 4 is 36.3 Å². The van der Waals surface area contributed by atoms with Gasteiger partial charge in [-0.1, -0.05) is 13.8 Å². The SMILES string of the molecule is C[C@H]1CN(C2COC2)CCN1c1ccc(Nc2cc(-c3ccnc(-n4ncn5c6c(cc5c4=O)CC(C)(C)C6)c3CO)cn(C)c2=O)nn1.S. The Hall–Kier alpha value is -4.57. The number of hydrogen-bond acceptors (Lipinski definition) is 11. The number of nitrogens with one attached hydrogen (secondary N) is 1. The number of piperazine rings is 1. The first-order chi connectivity index (χ1) is 23.6. The molecule has 2 aliphatic heterocycles. The summed E-state index contributed by atoms with van der Waals surface area (Å²) in [7, 11) is 1.66. The van der Waals surface area contributed by atoms with Crippen molar-refractivity contribution in [2.24, 2.45) is 12.5 Å². The lowest BCUT2D eigenvalue weighted by Crippen LogP contribution is -2.59. The first-order valence-corrected chi connectivity index (χ1v) is 16.7. The molecule has 2 fully saturated rings. The second-order valence-corrected chi connectivity index (χ2v) is 14.2. The van der Waals surface area contributed by atoms with Crippen molar-refractivity contribution in [2.45, 2.75) is 52.3 Å². The smallest absolute Gasteiger partial charge is 0.297 e. The molecule has 0 bridgehead atoms. The summed E-state index contributed by atoms with van der Waals surface area (Å²) in [6.45, 7) is 10.6. The van der Waals surface area contributed by atoms with Crippen LogP contribution in [-0.4, -0.2) is 88.9 Å². The quantitative estimate of drug-likeness (QED) is 0.258. The van der Waals surface area contributed by atoms with Gasteiger partial charge in [0.25, 0.3) is 11.1 Å². The lowest BCUT2D eigenvalue weighted by atomic mass is 9.90. The number of hydrogen-bond donors (Lipinski definition) is 2. The third kappa shape index (κ3) is 5.87. The molecule has 0 aromatic carbocycles. The monoisotopic (exact) mass is 698 g/mol. The molecule has 14 nitrogen and oxygen atoms in total. The van der Waals surface area contributed by atoms with Crippen LogP contribution in [0.2, 0.25) is 0 Å². The van der Waals surface area contributed by atoms with Crippen molar-refractivity contribution in [3.63, 3.8) is 0 Å². The molecule has 5 aromatic heterocycles. The van der Waals surface area contributed by atoms with Gasteiger partial charge in [-0.2, -0.15) is 23.3 Å². The van der Waals surface area contributed by atoms with Crippen molar-refractivity contribution in [1.29, 1.82) is 0 Å². The summed E-state index contributed by atoms with van der Waals surface area (Å²) in [6.07, 6.45) is 6.68. The topological polar surface area (TPSA) is 148 Å². The highest BCUT2D eigenvalue weighted by molar-refractivity contribution is 7.59. The Morgan fingerprint density at radius 2 is 1.88 bits per heavy atom. The lowest BCUT2D eigenvalue weighted by Gasteiger charge is -2.45. The zero-order valence-corrected chi connectivity index (χ0v) is 29.6. The van der Waals surface area contributed by atoms with Gasteiger partial charge in [0.15, 0.2) is 17.5 Å². The molecule has 7 heterocycles. The summed E-state index contributed by atoms with van der Waals surface area (Å²) in [5.74, 6) is 1.45. The predicted octanol–water partition coefficient (Wildman–Crippen LogP) is 2.42. The molecule has 1 atom stereocenters. The molecule has 262 valence electrons. The van der Waals surface area contributed by atoms with Crippen molar-refractivity contribution in [2.75, 3.05) is 43.1 Å². The molecule has 0 unspecified atom stereocenters. The predicted molar refractivity (Wildman–Crippen MR) is 195 cm³/mol. The Morgan fingerprint density at radius 1 is 1.06 bits per heavy atom. The van der Waals surface area contributed by atoms with Gasteiger partial charge in [0.1, 0.15) is 17.5 Å². The molecule has 15 heteroatoms. The minimum absolute atomic E-state index is 0. The molecular formula is C35H42N10O4S. The summed E-state index contributed by atoms with van der Waals surface area (Å²) in [5.41, 5.74) is 4.31. The van der Waals surface area contributed by atoms with Crippen molar-refractivity contribution in [1.82, 2.24) is 38.8 Å². The van der Waals surface area contributed by atoms with E-state index in [2.05, 4.69) is 56.2 Å². The van der Waals surface area contributed by atoms with Gasteiger partial charge in [-0.3, -0.25) is 18.9 Å². The van der Waals surface area contributed by atoms with Crippen LogP contribution in [0.15, 0.2) is 58.6 Å². The molecule has 5 aromatic rings. The second-order valence-electron chi connectivity index (χ2n) is 14.2. The van der Waals surface area contributed by atoms with Crippen LogP contribution < -0.4 is 21.3 Å². The molecule has 0 spiro atoms. The average Bonchev–Trinajstić information content (AvgIpc) is 3.55. The molecule has 0 saturated carbocycles. The van der Waals surface area contributed by atoms with Crippen LogP contribution >= 0.6 is 13.5 Å². The van der Waals surface area contributed by atoms with Crippen molar-refractivity contribution in [3.8, 4) is 16.9 Å². The maximum Gasteiger partial charge on any atom is 0.297 e. The van der Waals surface area contributed by atoms with Crippen LogP contribution in [-0.2, 0) is 31.2 Å². The van der Waals surface area contributed by atoms with Crippen LogP contribution in [0.25, 0.3) is 22.5 Å². The molecule has 8 rings (SSSR count). The van der Waals surface area contributed by atoms with Gasteiger partial charge in [-0.05, 0) is 66.6 Å².